The molecule has 3 heterocycles. The maximum atomic E-state index is 12.6. The first kappa shape index (κ1) is 26.9. The number of aromatic nitrogens is 1. The fourth-order valence-electron chi connectivity index (χ4n) is 5.69. The number of esters is 1. The van der Waals surface area contributed by atoms with E-state index in [0.29, 0.717) is 50.1 Å². The highest BCUT2D eigenvalue weighted by Crippen LogP contribution is 2.29. The zero-order chi connectivity index (χ0) is 26.5. The van der Waals surface area contributed by atoms with Crippen LogP contribution in [0.5, 0.6) is 0 Å². The number of ether oxygens (including phenoxy) is 1. The van der Waals surface area contributed by atoms with Crippen molar-refractivity contribution in [1.82, 2.24) is 9.88 Å². The molecule has 37 heavy (non-hydrogen) atoms. The summed E-state index contributed by atoms with van der Waals surface area (Å²) in [5.74, 6) is 1.77. The molecule has 1 aromatic heterocycles. The Kier molecular flexibility index (Phi) is 8.67. The molecule has 2 aromatic rings. The van der Waals surface area contributed by atoms with Gasteiger partial charge in [-0.2, -0.15) is 0 Å². The molecule has 2 aliphatic rings. The number of carbonyl (C=O) groups is 3. The highest BCUT2D eigenvalue weighted by atomic mass is 16.5. The average molecular weight is 509 g/mol. The molecule has 2 fully saturated rings. The molecule has 0 unspecified atom stereocenters. The lowest BCUT2D eigenvalue weighted by Gasteiger charge is -2.36. The summed E-state index contributed by atoms with van der Waals surface area (Å²) in [4.78, 5) is 46.1. The van der Waals surface area contributed by atoms with Crippen molar-refractivity contribution in [3.05, 3.63) is 29.8 Å². The van der Waals surface area contributed by atoms with E-state index in [0.717, 1.165) is 35.4 Å². The molecule has 2 atom stereocenters. The monoisotopic (exact) mass is 508 g/mol. The van der Waals surface area contributed by atoms with E-state index >= 15 is 0 Å². The maximum absolute atomic E-state index is 12.6. The van der Waals surface area contributed by atoms with Gasteiger partial charge in [0.25, 0.3) is 0 Å². The molecule has 1 N–H and O–H groups in total. The van der Waals surface area contributed by atoms with Crippen molar-refractivity contribution in [3.63, 3.8) is 0 Å². The quantitative estimate of drug-likeness (QED) is 0.552. The molecule has 1 aromatic carbocycles. The van der Waals surface area contributed by atoms with E-state index in [1.54, 1.807) is 11.8 Å². The number of piperidine rings is 2. The van der Waals surface area contributed by atoms with Crippen LogP contribution in [0.25, 0.3) is 10.9 Å². The first-order chi connectivity index (χ1) is 17.7. The van der Waals surface area contributed by atoms with Crippen LogP contribution >= 0.6 is 0 Å². The number of benzene rings is 1. The molecule has 2 aliphatic heterocycles. The second-order valence-corrected chi connectivity index (χ2v) is 10.8. The summed E-state index contributed by atoms with van der Waals surface area (Å²) in [7, 11) is 0. The first-order valence-electron chi connectivity index (χ1n) is 13.6. The lowest BCUT2D eigenvalue weighted by Crippen LogP contribution is -2.40. The van der Waals surface area contributed by atoms with Gasteiger partial charge >= 0.3 is 5.97 Å². The number of rotatable bonds is 7. The van der Waals surface area contributed by atoms with E-state index in [1.807, 2.05) is 18.2 Å². The number of pyridine rings is 1. The molecule has 8 heteroatoms. The van der Waals surface area contributed by atoms with E-state index in [4.69, 9.17) is 9.72 Å². The predicted molar refractivity (Wildman–Crippen MR) is 145 cm³/mol. The largest absolute Gasteiger partial charge is 0.466 e. The molecule has 0 saturated carbocycles. The fraction of sp³-hybridized carbons (Fsp3) is 0.586. The Morgan fingerprint density at radius 1 is 1.05 bits per heavy atom. The van der Waals surface area contributed by atoms with Gasteiger partial charge in [0.15, 0.2) is 0 Å². The summed E-state index contributed by atoms with van der Waals surface area (Å²) in [5, 5.41) is 3.95. The van der Waals surface area contributed by atoms with Crippen molar-refractivity contribution in [2.45, 2.75) is 59.8 Å². The van der Waals surface area contributed by atoms with Crippen LogP contribution < -0.4 is 10.2 Å². The summed E-state index contributed by atoms with van der Waals surface area (Å²) < 4.78 is 5.09. The number of nitrogens with zero attached hydrogens (tertiary/aromatic N) is 3. The summed E-state index contributed by atoms with van der Waals surface area (Å²) in [5.41, 5.74) is 2.75. The standard InChI is InChI=1S/C29H40N4O4/c1-5-37-29(36)22-10-12-32(13-11-22)28(35)9-8-27(34)30-23-6-7-25-24(16-23)21(4)15-26(31-25)33-17-19(2)14-20(3)18-33/h6-7,15-16,19-20,22H,5,8-14,17-18H2,1-4H3,(H,30,34)/t19-,20-/m0/s1. The zero-order valence-corrected chi connectivity index (χ0v) is 22.6. The zero-order valence-electron chi connectivity index (χ0n) is 22.6. The molecule has 200 valence electrons. The maximum Gasteiger partial charge on any atom is 0.309 e. The Balaban J connectivity index is 1.31. The van der Waals surface area contributed by atoms with Gasteiger partial charge in [0.05, 0.1) is 18.0 Å². The van der Waals surface area contributed by atoms with Crippen molar-refractivity contribution in [2.24, 2.45) is 17.8 Å². The van der Waals surface area contributed by atoms with Gasteiger partial charge in [-0.15, -0.1) is 0 Å². The van der Waals surface area contributed by atoms with Crippen LogP contribution in [0.1, 0.15) is 58.4 Å². The second kappa shape index (κ2) is 11.9. The van der Waals surface area contributed by atoms with Crippen LogP contribution in [0.2, 0.25) is 0 Å². The summed E-state index contributed by atoms with van der Waals surface area (Å²) in [6, 6.07) is 7.93. The average Bonchev–Trinajstić information content (AvgIpc) is 2.87. The number of nitrogens with one attached hydrogen (secondary N) is 1. The Morgan fingerprint density at radius 2 is 1.76 bits per heavy atom. The highest BCUT2D eigenvalue weighted by Gasteiger charge is 2.28. The van der Waals surface area contributed by atoms with Crippen LogP contribution in [-0.2, 0) is 19.1 Å². The topological polar surface area (TPSA) is 91.8 Å². The van der Waals surface area contributed by atoms with Gasteiger partial charge in [0.2, 0.25) is 11.8 Å². The fourth-order valence-corrected chi connectivity index (χ4v) is 5.69. The van der Waals surface area contributed by atoms with Gasteiger partial charge in [-0.25, -0.2) is 4.98 Å². The van der Waals surface area contributed by atoms with Crippen molar-refractivity contribution in [2.75, 3.05) is 43.0 Å². The van der Waals surface area contributed by atoms with Gasteiger partial charge in [-0.3, -0.25) is 14.4 Å². The number of amides is 2. The molecule has 4 rings (SSSR count). The number of anilines is 2. The van der Waals surface area contributed by atoms with Gasteiger partial charge in [-0.05, 0) is 74.8 Å². The normalized spacial score (nSPS) is 20.6. The summed E-state index contributed by atoms with van der Waals surface area (Å²) in [6.07, 6.45) is 2.75. The Hall–Kier alpha value is -3.16. The number of likely N-dealkylation sites (tertiary alicyclic amines) is 1. The molecule has 2 saturated heterocycles. The lowest BCUT2D eigenvalue weighted by atomic mass is 9.92. The number of aryl methyl sites for hydroxylation is 1. The van der Waals surface area contributed by atoms with E-state index in [1.165, 1.54) is 6.42 Å². The molecule has 0 spiro atoms. The van der Waals surface area contributed by atoms with E-state index < -0.39 is 0 Å². The molecule has 2 amide bonds. The number of hydrogen-bond acceptors (Lipinski definition) is 6. The number of hydrogen-bond donors (Lipinski definition) is 1. The number of carbonyl (C=O) groups excluding carboxylic acids is 3. The third-order valence-corrected chi connectivity index (χ3v) is 7.51. The van der Waals surface area contributed by atoms with Crippen LogP contribution in [0.4, 0.5) is 11.5 Å². The van der Waals surface area contributed by atoms with Crippen LogP contribution in [0.3, 0.4) is 0 Å². The van der Waals surface area contributed by atoms with Gasteiger partial charge in [0, 0.05) is 50.1 Å². The van der Waals surface area contributed by atoms with Crippen molar-refractivity contribution < 1.29 is 19.1 Å². The molecule has 0 radical (unpaired) electrons. The molecule has 8 nitrogen and oxygen atoms in total. The number of fused-ring (bicyclic) bond motifs is 1. The van der Waals surface area contributed by atoms with Crippen LogP contribution in [0.15, 0.2) is 24.3 Å². The minimum Gasteiger partial charge on any atom is -0.466 e. The Labute approximate surface area is 219 Å². The van der Waals surface area contributed by atoms with Gasteiger partial charge < -0.3 is 19.9 Å². The van der Waals surface area contributed by atoms with Gasteiger partial charge in [-0.1, -0.05) is 13.8 Å². The summed E-state index contributed by atoms with van der Waals surface area (Å²) >= 11 is 0. The van der Waals surface area contributed by atoms with E-state index in [-0.39, 0.29) is 36.5 Å². The van der Waals surface area contributed by atoms with Crippen molar-refractivity contribution >= 4 is 40.2 Å². The molecule has 0 bridgehead atoms. The smallest absolute Gasteiger partial charge is 0.309 e. The second-order valence-electron chi connectivity index (χ2n) is 10.8. The minimum absolute atomic E-state index is 0.0510. The third kappa shape index (κ3) is 6.79. The summed E-state index contributed by atoms with van der Waals surface area (Å²) in [6.45, 7) is 12.0. The SMILES string of the molecule is CCOC(=O)C1CCN(C(=O)CCC(=O)Nc2ccc3nc(N4C[C@@H](C)C[C@H](C)C4)cc(C)c3c2)CC1. The van der Waals surface area contributed by atoms with Crippen LogP contribution in [-0.4, -0.2) is 60.5 Å². The van der Waals surface area contributed by atoms with Crippen molar-refractivity contribution in [3.8, 4) is 0 Å². The van der Waals surface area contributed by atoms with E-state index in [2.05, 4.69) is 37.1 Å². The van der Waals surface area contributed by atoms with Crippen LogP contribution in [0, 0.1) is 24.7 Å². The third-order valence-electron chi connectivity index (χ3n) is 7.51. The predicted octanol–water partition coefficient (Wildman–Crippen LogP) is 4.55. The Morgan fingerprint density at radius 3 is 2.43 bits per heavy atom. The van der Waals surface area contributed by atoms with Crippen molar-refractivity contribution in [1.29, 1.82) is 0 Å². The Bertz CT molecular complexity index is 1130. The minimum atomic E-state index is -0.187. The first-order valence-corrected chi connectivity index (χ1v) is 13.6. The van der Waals surface area contributed by atoms with Gasteiger partial charge in [0.1, 0.15) is 5.82 Å². The molecule has 0 aliphatic carbocycles. The van der Waals surface area contributed by atoms with E-state index in [9.17, 15) is 14.4 Å². The molecular weight excluding hydrogens is 468 g/mol. The molecular formula is C29H40N4O4. The highest BCUT2D eigenvalue weighted by molar-refractivity contribution is 5.96. The lowest BCUT2D eigenvalue weighted by molar-refractivity contribution is -0.151.